The Balaban J connectivity index is 2.59. The van der Waals surface area contributed by atoms with Crippen molar-refractivity contribution in [2.75, 3.05) is 6.61 Å². The summed E-state index contributed by atoms with van der Waals surface area (Å²) in [5.74, 6) is 0.594. The second-order valence-electron chi connectivity index (χ2n) is 3.75. The lowest BCUT2D eigenvalue weighted by molar-refractivity contribution is 0.342. The van der Waals surface area contributed by atoms with Crippen LogP contribution in [0.5, 0.6) is 0 Å². The molecule has 0 amide bonds. The molecule has 1 nitrogen and oxygen atoms in total. The van der Waals surface area contributed by atoms with Crippen LogP contribution in [0.4, 0.5) is 0 Å². The van der Waals surface area contributed by atoms with Crippen molar-refractivity contribution in [2.45, 2.75) is 26.2 Å². The van der Waals surface area contributed by atoms with Gasteiger partial charge in [-0.2, -0.15) is 0 Å². The summed E-state index contributed by atoms with van der Waals surface area (Å²) in [5.41, 5.74) is 2.67. The van der Waals surface area contributed by atoms with E-state index in [1.165, 1.54) is 11.1 Å². The van der Waals surface area contributed by atoms with E-state index in [0.717, 1.165) is 6.42 Å². The summed E-state index contributed by atoms with van der Waals surface area (Å²) >= 11 is 0. The van der Waals surface area contributed by atoms with Gasteiger partial charge in [0.05, 0.1) is 6.61 Å². The summed E-state index contributed by atoms with van der Waals surface area (Å²) in [6.45, 7) is 4.52. The molecule has 14 heavy (non-hydrogen) atoms. The molecule has 1 rings (SSSR count). The third kappa shape index (κ3) is 3.35. The fourth-order valence-corrected chi connectivity index (χ4v) is 1.33. The standard InChI is InChI=1S/C13H18O/c1-11(2)13-8-6-12(7-9-13)5-3-4-10-14/h3-4,6-9,11,14H,5,10H2,1-2H3. The summed E-state index contributed by atoms with van der Waals surface area (Å²) < 4.78 is 0. The van der Waals surface area contributed by atoms with Gasteiger partial charge in [0.2, 0.25) is 0 Å². The molecule has 0 spiro atoms. The summed E-state index contributed by atoms with van der Waals surface area (Å²) in [6.07, 6.45) is 4.67. The zero-order valence-electron chi connectivity index (χ0n) is 8.90. The maximum Gasteiger partial charge on any atom is 0.0612 e. The van der Waals surface area contributed by atoms with Gasteiger partial charge in [-0.15, -0.1) is 0 Å². The first-order valence-electron chi connectivity index (χ1n) is 5.08. The first-order chi connectivity index (χ1) is 6.74. The molecule has 0 aromatic heterocycles. The first-order valence-corrected chi connectivity index (χ1v) is 5.08. The van der Waals surface area contributed by atoms with E-state index in [0.29, 0.717) is 5.92 Å². The van der Waals surface area contributed by atoms with Gasteiger partial charge in [-0.3, -0.25) is 0 Å². The van der Waals surface area contributed by atoms with Crippen LogP contribution in [0, 0.1) is 0 Å². The van der Waals surface area contributed by atoms with Gasteiger partial charge in [0.25, 0.3) is 0 Å². The molecule has 0 fully saturated rings. The van der Waals surface area contributed by atoms with E-state index in [1.54, 1.807) is 6.08 Å². The Kier molecular flexibility index (Phi) is 4.41. The number of allylic oxidation sites excluding steroid dienone is 1. The molecule has 1 aromatic rings. The zero-order chi connectivity index (χ0) is 10.4. The minimum Gasteiger partial charge on any atom is -0.392 e. The lowest BCUT2D eigenvalue weighted by Gasteiger charge is -2.05. The van der Waals surface area contributed by atoms with E-state index in [4.69, 9.17) is 5.11 Å². The highest BCUT2D eigenvalue weighted by Crippen LogP contribution is 2.14. The van der Waals surface area contributed by atoms with E-state index in [1.807, 2.05) is 6.08 Å². The Morgan fingerprint density at radius 3 is 2.29 bits per heavy atom. The van der Waals surface area contributed by atoms with Crippen molar-refractivity contribution in [1.82, 2.24) is 0 Å². The SMILES string of the molecule is CC(C)c1ccc(CC=CCO)cc1. The number of aliphatic hydroxyl groups is 1. The summed E-state index contributed by atoms with van der Waals surface area (Å²) in [4.78, 5) is 0. The van der Waals surface area contributed by atoms with Crippen molar-refractivity contribution in [1.29, 1.82) is 0 Å². The molecule has 0 aliphatic heterocycles. The molecule has 0 saturated heterocycles. The van der Waals surface area contributed by atoms with Crippen LogP contribution in [0.1, 0.15) is 30.9 Å². The lowest BCUT2D eigenvalue weighted by Crippen LogP contribution is -1.88. The minimum atomic E-state index is 0.129. The van der Waals surface area contributed by atoms with Gasteiger partial charge in [-0.25, -0.2) is 0 Å². The van der Waals surface area contributed by atoms with Gasteiger partial charge in [-0.05, 0) is 23.5 Å². The van der Waals surface area contributed by atoms with Crippen LogP contribution in [0.25, 0.3) is 0 Å². The number of aliphatic hydroxyl groups excluding tert-OH is 1. The third-order valence-corrected chi connectivity index (χ3v) is 2.27. The Bertz CT molecular complexity index is 283. The van der Waals surface area contributed by atoms with Crippen LogP contribution < -0.4 is 0 Å². The second-order valence-corrected chi connectivity index (χ2v) is 3.75. The van der Waals surface area contributed by atoms with Crippen molar-refractivity contribution < 1.29 is 5.11 Å². The van der Waals surface area contributed by atoms with Crippen molar-refractivity contribution in [3.05, 3.63) is 47.5 Å². The fourth-order valence-electron chi connectivity index (χ4n) is 1.33. The number of rotatable bonds is 4. The third-order valence-electron chi connectivity index (χ3n) is 2.27. The molecular formula is C13H18O. The highest BCUT2D eigenvalue weighted by Gasteiger charge is 1.97. The molecule has 76 valence electrons. The zero-order valence-corrected chi connectivity index (χ0v) is 8.90. The number of hydrogen-bond acceptors (Lipinski definition) is 1. The van der Waals surface area contributed by atoms with E-state index in [2.05, 4.69) is 38.1 Å². The topological polar surface area (TPSA) is 20.2 Å². The van der Waals surface area contributed by atoms with Crippen LogP contribution in [-0.4, -0.2) is 11.7 Å². The van der Waals surface area contributed by atoms with Crippen molar-refractivity contribution in [2.24, 2.45) is 0 Å². The van der Waals surface area contributed by atoms with E-state index in [-0.39, 0.29) is 6.61 Å². The van der Waals surface area contributed by atoms with E-state index < -0.39 is 0 Å². The summed E-state index contributed by atoms with van der Waals surface area (Å²) in [5, 5.41) is 8.57. The fraction of sp³-hybridized carbons (Fsp3) is 0.385. The first kappa shape index (κ1) is 11.0. The van der Waals surface area contributed by atoms with Gasteiger partial charge in [0.15, 0.2) is 0 Å². The second kappa shape index (κ2) is 5.61. The molecule has 0 aliphatic carbocycles. The predicted molar refractivity (Wildman–Crippen MR) is 60.5 cm³/mol. The Morgan fingerprint density at radius 2 is 1.79 bits per heavy atom. The van der Waals surface area contributed by atoms with E-state index in [9.17, 15) is 0 Å². The van der Waals surface area contributed by atoms with Crippen LogP contribution in [0.15, 0.2) is 36.4 Å². The van der Waals surface area contributed by atoms with Gasteiger partial charge >= 0.3 is 0 Å². The molecule has 0 radical (unpaired) electrons. The maximum absolute atomic E-state index is 8.57. The van der Waals surface area contributed by atoms with Gasteiger partial charge in [-0.1, -0.05) is 50.3 Å². The van der Waals surface area contributed by atoms with Gasteiger partial charge in [0.1, 0.15) is 0 Å². The number of hydrogen-bond donors (Lipinski definition) is 1. The molecule has 1 N–H and O–H groups in total. The Morgan fingerprint density at radius 1 is 1.14 bits per heavy atom. The quantitative estimate of drug-likeness (QED) is 0.724. The minimum absolute atomic E-state index is 0.129. The Hall–Kier alpha value is -1.08. The van der Waals surface area contributed by atoms with Gasteiger partial charge < -0.3 is 5.11 Å². The van der Waals surface area contributed by atoms with E-state index >= 15 is 0 Å². The average molecular weight is 190 g/mol. The molecule has 0 unspecified atom stereocenters. The largest absolute Gasteiger partial charge is 0.392 e. The number of benzene rings is 1. The van der Waals surface area contributed by atoms with Crippen LogP contribution in [0.3, 0.4) is 0 Å². The molecule has 0 aliphatic rings. The Labute approximate surface area is 86.1 Å². The van der Waals surface area contributed by atoms with Crippen LogP contribution >= 0.6 is 0 Å². The molecular weight excluding hydrogens is 172 g/mol. The molecule has 1 aromatic carbocycles. The highest BCUT2D eigenvalue weighted by atomic mass is 16.2. The molecule has 0 bridgehead atoms. The normalized spacial score (nSPS) is 11.4. The van der Waals surface area contributed by atoms with Crippen molar-refractivity contribution in [3.63, 3.8) is 0 Å². The molecule has 0 saturated carbocycles. The van der Waals surface area contributed by atoms with Crippen molar-refractivity contribution >= 4 is 0 Å². The highest BCUT2D eigenvalue weighted by molar-refractivity contribution is 5.25. The monoisotopic (exact) mass is 190 g/mol. The molecule has 1 heteroatoms. The van der Waals surface area contributed by atoms with Crippen molar-refractivity contribution in [3.8, 4) is 0 Å². The molecule has 0 atom stereocenters. The van der Waals surface area contributed by atoms with Gasteiger partial charge in [0, 0.05) is 0 Å². The predicted octanol–water partition coefficient (Wildman–Crippen LogP) is 2.90. The summed E-state index contributed by atoms with van der Waals surface area (Å²) in [7, 11) is 0. The van der Waals surface area contributed by atoms with Crippen LogP contribution in [-0.2, 0) is 6.42 Å². The average Bonchev–Trinajstić information content (AvgIpc) is 2.19. The molecule has 0 heterocycles. The maximum atomic E-state index is 8.57. The smallest absolute Gasteiger partial charge is 0.0612 e. The summed E-state index contributed by atoms with van der Waals surface area (Å²) in [6, 6.07) is 8.65. The van der Waals surface area contributed by atoms with Crippen LogP contribution in [0.2, 0.25) is 0 Å². The lowest BCUT2D eigenvalue weighted by atomic mass is 10.0.